The van der Waals surface area contributed by atoms with Crippen LogP contribution in [0.15, 0.2) is 48.7 Å². The zero-order chi connectivity index (χ0) is 19.5. The summed E-state index contributed by atoms with van der Waals surface area (Å²) in [6.45, 7) is 1.87. The number of ether oxygens (including phenoxy) is 1. The van der Waals surface area contributed by atoms with Crippen LogP contribution in [0.5, 0.6) is 5.75 Å². The number of nitrogens with zero attached hydrogens (tertiary/aromatic N) is 2. The Morgan fingerprint density at radius 3 is 2.64 bits per heavy atom. The number of carbonyl (C=O) groups is 1. The quantitative estimate of drug-likeness (QED) is 0.702. The monoisotopic (exact) mass is 386 g/mol. The van der Waals surface area contributed by atoms with Crippen molar-refractivity contribution in [2.45, 2.75) is 25.4 Å². The average Bonchev–Trinajstić information content (AvgIpc) is 3.10. The number of amides is 1. The number of imidazole rings is 1. The number of hydrogen-bond acceptors (Lipinski definition) is 4. The van der Waals surface area contributed by atoms with Gasteiger partial charge in [-0.1, -0.05) is 6.07 Å². The Kier molecular flexibility index (Phi) is 5.21. The van der Waals surface area contributed by atoms with Crippen LogP contribution in [0.1, 0.15) is 35.4 Å². The first-order valence-corrected chi connectivity index (χ1v) is 9.16. The summed E-state index contributed by atoms with van der Waals surface area (Å²) < 4.78 is 34.0. The van der Waals surface area contributed by atoms with Crippen molar-refractivity contribution in [2.75, 3.05) is 18.4 Å². The zero-order valence-corrected chi connectivity index (χ0v) is 15.1. The molecule has 1 aliphatic rings. The van der Waals surface area contributed by atoms with Crippen molar-refractivity contribution in [3.63, 3.8) is 0 Å². The van der Waals surface area contributed by atoms with Crippen LogP contribution in [0, 0.1) is 0 Å². The summed E-state index contributed by atoms with van der Waals surface area (Å²) in [5.41, 5.74) is 0.0950. The number of halogens is 2. The number of nitrogens with one attached hydrogen (secondary N) is 2. The first kappa shape index (κ1) is 18.4. The van der Waals surface area contributed by atoms with Gasteiger partial charge >= 0.3 is 0 Å². The highest BCUT2D eigenvalue weighted by Gasteiger charge is 2.25. The van der Waals surface area contributed by atoms with Gasteiger partial charge in [-0.2, -0.15) is 0 Å². The summed E-state index contributed by atoms with van der Waals surface area (Å²) in [5, 5.41) is 5.95. The molecular formula is C20H20F2N4O2. The van der Waals surface area contributed by atoms with Gasteiger partial charge in [0.1, 0.15) is 28.9 Å². The lowest BCUT2D eigenvalue weighted by Crippen LogP contribution is -2.34. The fourth-order valence-electron chi connectivity index (χ4n) is 3.30. The van der Waals surface area contributed by atoms with Crippen molar-refractivity contribution in [3.05, 3.63) is 60.0 Å². The lowest BCUT2D eigenvalue weighted by molar-refractivity contribution is 0.1000. The van der Waals surface area contributed by atoms with Crippen molar-refractivity contribution in [2.24, 2.45) is 0 Å². The van der Waals surface area contributed by atoms with Crippen molar-refractivity contribution >= 4 is 17.2 Å². The molecule has 3 heterocycles. The van der Waals surface area contributed by atoms with Crippen molar-refractivity contribution in [1.29, 1.82) is 0 Å². The normalized spacial score (nSPS) is 15.1. The Morgan fingerprint density at radius 1 is 1.18 bits per heavy atom. The van der Waals surface area contributed by atoms with E-state index in [9.17, 15) is 13.6 Å². The lowest BCUT2D eigenvalue weighted by Gasteiger charge is -2.23. The molecule has 0 radical (unpaired) electrons. The van der Waals surface area contributed by atoms with E-state index in [4.69, 9.17) is 4.74 Å². The van der Waals surface area contributed by atoms with Gasteiger partial charge in [0.25, 0.3) is 12.3 Å². The van der Waals surface area contributed by atoms with Crippen molar-refractivity contribution in [1.82, 2.24) is 14.7 Å². The van der Waals surface area contributed by atoms with Crippen molar-refractivity contribution in [3.8, 4) is 5.75 Å². The van der Waals surface area contributed by atoms with Gasteiger partial charge in [0.05, 0.1) is 0 Å². The highest BCUT2D eigenvalue weighted by Crippen LogP contribution is 2.25. The molecule has 1 saturated heterocycles. The Bertz CT molecular complexity index is 966. The summed E-state index contributed by atoms with van der Waals surface area (Å²) in [6.07, 6.45) is 0.765. The van der Waals surface area contributed by atoms with Gasteiger partial charge in [0.2, 0.25) is 0 Å². The van der Waals surface area contributed by atoms with Crippen LogP contribution in [0.4, 0.5) is 14.5 Å². The Labute approximate surface area is 160 Å². The zero-order valence-electron chi connectivity index (χ0n) is 15.1. The number of benzene rings is 1. The number of piperidine rings is 1. The van der Waals surface area contributed by atoms with Crippen LogP contribution < -0.4 is 15.4 Å². The number of rotatable bonds is 5. The third-order valence-electron chi connectivity index (χ3n) is 4.68. The van der Waals surface area contributed by atoms with Gasteiger partial charge in [-0.3, -0.25) is 9.20 Å². The highest BCUT2D eigenvalue weighted by molar-refractivity contribution is 6.04. The molecule has 0 spiro atoms. The number of hydrogen-bond donors (Lipinski definition) is 2. The van der Waals surface area contributed by atoms with Gasteiger partial charge in [0, 0.05) is 11.9 Å². The second-order valence-corrected chi connectivity index (χ2v) is 6.62. The molecule has 4 rings (SSSR count). The molecule has 28 heavy (non-hydrogen) atoms. The van der Waals surface area contributed by atoms with E-state index < -0.39 is 18.0 Å². The van der Waals surface area contributed by atoms with Crippen LogP contribution in [-0.4, -0.2) is 34.5 Å². The molecule has 0 unspecified atom stereocenters. The minimum Gasteiger partial charge on any atom is -0.490 e. The van der Waals surface area contributed by atoms with Crippen molar-refractivity contribution < 1.29 is 18.3 Å². The van der Waals surface area contributed by atoms with Gasteiger partial charge in [0.15, 0.2) is 0 Å². The summed E-state index contributed by atoms with van der Waals surface area (Å²) in [7, 11) is 0. The van der Waals surface area contributed by atoms with Crippen LogP contribution in [0.25, 0.3) is 5.65 Å². The minimum atomic E-state index is -2.85. The summed E-state index contributed by atoms with van der Waals surface area (Å²) in [6, 6.07) is 11.8. The molecule has 0 bridgehead atoms. The molecule has 2 N–H and O–H groups in total. The van der Waals surface area contributed by atoms with E-state index >= 15 is 0 Å². The fraction of sp³-hybridized carbons (Fsp3) is 0.300. The molecule has 0 saturated carbocycles. The first-order valence-electron chi connectivity index (χ1n) is 9.16. The number of carbonyl (C=O) groups excluding carboxylic acids is 1. The molecule has 0 aliphatic carbocycles. The molecule has 1 aliphatic heterocycles. The Balaban J connectivity index is 1.51. The predicted octanol–water partition coefficient (Wildman–Crippen LogP) is 3.66. The predicted molar refractivity (Wildman–Crippen MR) is 101 cm³/mol. The van der Waals surface area contributed by atoms with E-state index in [0.717, 1.165) is 25.9 Å². The van der Waals surface area contributed by atoms with E-state index in [0.29, 0.717) is 17.1 Å². The molecule has 146 valence electrons. The molecule has 1 fully saturated rings. The Morgan fingerprint density at radius 2 is 1.93 bits per heavy atom. The van der Waals surface area contributed by atoms with Crippen LogP contribution in [0.3, 0.4) is 0 Å². The number of fused-ring (bicyclic) bond motifs is 1. The summed E-state index contributed by atoms with van der Waals surface area (Å²) in [4.78, 5) is 16.6. The van der Waals surface area contributed by atoms with E-state index in [-0.39, 0.29) is 11.8 Å². The van der Waals surface area contributed by atoms with E-state index in [1.807, 2.05) is 0 Å². The second-order valence-electron chi connectivity index (χ2n) is 6.62. The van der Waals surface area contributed by atoms with E-state index in [2.05, 4.69) is 15.6 Å². The second kappa shape index (κ2) is 7.93. The topological polar surface area (TPSA) is 67.7 Å². The number of aromatic nitrogens is 2. The maximum atomic E-state index is 13.4. The van der Waals surface area contributed by atoms with Crippen LogP contribution in [0.2, 0.25) is 0 Å². The Hall–Kier alpha value is -3.00. The highest BCUT2D eigenvalue weighted by atomic mass is 19.3. The molecule has 3 aromatic rings. The standard InChI is InChI=1S/C20H20F2N4O2/c21-19(22)17-18(26-12-2-1-3-16(26)25-17)20(27)24-13-4-6-14(7-5-13)28-15-8-10-23-11-9-15/h1-7,12,15,19,23H,8-11H2,(H,24,27). The molecule has 1 amide bonds. The molecule has 2 aromatic heterocycles. The average molecular weight is 386 g/mol. The van der Waals surface area contributed by atoms with E-state index in [1.165, 1.54) is 4.40 Å². The van der Waals surface area contributed by atoms with Gasteiger partial charge in [-0.15, -0.1) is 0 Å². The number of alkyl halides is 2. The molecule has 8 heteroatoms. The maximum Gasteiger partial charge on any atom is 0.282 e. The largest absolute Gasteiger partial charge is 0.490 e. The third kappa shape index (κ3) is 3.82. The SMILES string of the molecule is O=C(Nc1ccc(OC2CCNCC2)cc1)c1c(C(F)F)nc2ccccn12. The van der Waals surface area contributed by atoms with E-state index in [1.54, 1.807) is 48.7 Å². The third-order valence-corrected chi connectivity index (χ3v) is 4.68. The van der Waals surface area contributed by atoms with Gasteiger partial charge in [-0.05, 0) is 62.3 Å². The minimum absolute atomic E-state index is 0.166. The molecular weight excluding hydrogens is 366 g/mol. The fourth-order valence-corrected chi connectivity index (χ4v) is 3.30. The smallest absolute Gasteiger partial charge is 0.282 e. The van der Waals surface area contributed by atoms with Gasteiger partial charge in [-0.25, -0.2) is 13.8 Å². The number of pyridine rings is 1. The first-order chi connectivity index (χ1) is 13.6. The lowest BCUT2D eigenvalue weighted by atomic mass is 10.1. The van der Waals surface area contributed by atoms with Gasteiger partial charge < -0.3 is 15.4 Å². The maximum absolute atomic E-state index is 13.4. The molecule has 0 atom stereocenters. The number of anilines is 1. The summed E-state index contributed by atoms with van der Waals surface area (Å²) in [5.74, 6) is 0.0778. The van der Waals surface area contributed by atoms with Crippen LogP contribution >= 0.6 is 0 Å². The molecule has 1 aromatic carbocycles. The molecule has 6 nitrogen and oxygen atoms in total. The summed E-state index contributed by atoms with van der Waals surface area (Å²) >= 11 is 0. The van der Waals surface area contributed by atoms with Crippen LogP contribution in [-0.2, 0) is 0 Å².